The lowest BCUT2D eigenvalue weighted by Gasteiger charge is -2.05. The van der Waals surface area contributed by atoms with E-state index in [1.165, 1.54) is 18.2 Å². The molecule has 6 nitrogen and oxygen atoms in total. The summed E-state index contributed by atoms with van der Waals surface area (Å²) in [6, 6.07) is 12.9. The lowest BCUT2D eigenvalue weighted by Crippen LogP contribution is -2.11. The zero-order chi connectivity index (χ0) is 17.4. The molecular formula is C17H15N3O3S. The third-order valence-electron chi connectivity index (χ3n) is 2.98. The van der Waals surface area contributed by atoms with Crippen molar-refractivity contribution in [2.75, 3.05) is 5.32 Å². The van der Waals surface area contributed by atoms with Gasteiger partial charge in [0.15, 0.2) is 0 Å². The van der Waals surface area contributed by atoms with Gasteiger partial charge in [-0.25, -0.2) is 0 Å². The number of aromatic nitrogens is 1. The first-order chi connectivity index (χ1) is 11.6. The minimum Gasteiger partial charge on any atom is -0.322 e. The molecule has 0 aliphatic rings. The smallest absolute Gasteiger partial charge is 0.271 e. The van der Waals surface area contributed by atoms with E-state index >= 15 is 0 Å². The van der Waals surface area contributed by atoms with E-state index in [4.69, 9.17) is 0 Å². The van der Waals surface area contributed by atoms with Crippen molar-refractivity contribution in [3.63, 3.8) is 0 Å². The van der Waals surface area contributed by atoms with E-state index in [0.717, 1.165) is 5.56 Å². The van der Waals surface area contributed by atoms with Crippen LogP contribution in [0.5, 0.6) is 0 Å². The Balaban J connectivity index is 0.000000355. The summed E-state index contributed by atoms with van der Waals surface area (Å²) in [6.07, 6.45) is 1.77. The number of anilines is 1. The maximum absolute atomic E-state index is 11.9. The standard InChI is InChI=1S/C14H12N2O3.C3H3NS/c1-10-5-7-11(8-6-10)14(17)15-12-3-2-4-13(9-12)16(18)19;1-2-5-3-4-1/h2-9H,1H3,(H,15,17);1-3H. The summed E-state index contributed by atoms with van der Waals surface area (Å²) in [5.74, 6) is -0.291. The molecule has 0 aliphatic carbocycles. The number of nitrogens with zero attached hydrogens (tertiary/aromatic N) is 2. The molecule has 1 heterocycles. The summed E-state index contributed by atoms with van der Waals surface area (Å²) in [4.78, 5) is 25.8. The predicted octanol–water partition coefficient (Wildman–Crippen LogP) is 4.30. The summed E-state index contributed by atoms with van der Waals surface area (Å²) < 4.78 is 0. The number of benzene rings is 2. The first-order valence-electron chi connectivity index (χ1n) is 7.01. The van der Waals surface area contributed by atoms with E-state index in [9.17, 15) is 14.9 Å². The Morgan fingerprint density at radius 2 is 1.96 bits per heavy atom. The second-order valence-corrected chi connectivity index (χ2v) is 5.56. The van der Waals surface area contributed by atoms with Crippen LogP contribution >= 0.6 is 11.3 Å². The highest BCUT2D eigenvalue weighted by atomic mass is 32.1. The van der Waals surface area contributed by atoms with Gasteiger partial charge in [0, 0.05) is 35.0 Å². The number of hydrogen-bond acceptors (Lipinski definition) is 5. The highest BCUT2D eigenvalue weighted by molar-refractivity contribution is 7.07. The number of nitro groups is 1. The van der Waals surface area contributed by atoms with E-state index in [-0.39, 0.29) is 11.6 Å². The van der Waals surface area contributed by atoms with Crippen LogP contribution in [0.15, 0.2) is 65.6 Å². The average molecular weight is 341 g/mol. The number of nitrogens with one attached hydrogen (secondary N) is 1. The number of hydrogen-bond donors (Lipinski definition) is 1. The maximum Gasteiger partial charge on any atom is 0.271 e. The van der Waals surface area contributed by atoms with Crippen molar-refractivity contribution in [3.8, 4) is 0 Å². The Bertz CT molecular complexity index is 785. The molecule has 3 aromatic rings. The van der Waals surface area contributed by atoms with Gasteiger partial charge >= 0.3 is 0 Å². The predicted molar refractivity (Wildman–Crippen MR) is 94.3 cm³/mol. The second kappa shape index (κ2) is 8.54. The molecule has 0 spiro atoms. The van der Waals surface area contributed by atoms with Crippen LogP contribution in [0.1, 0.15) is 15.9 Å². The third kappa shape index (κ3) is 5.29. The Labute approximate surface area is 143 Å². The maximum atomic E-state index is 11.9. The van der Waals surface area contributed by atoms with E-state index in [1.807, 2.05) is 24.4 Å². The number of non-ortho nitro benzene ring substituents is 1. The molecule has 1 aromatic heterocycles. The molecule has 0 unspecified atom stereocenters. The number of nitro benzene ring substituents is 1. The second-order valence-electron chi connectivity index (χ2n) is 4.80. The first kappa shape index (κ1) is 17.3. The molecule has 2 aromatic carbocycles. The molecule has 1 amide bonds. The summed E-state index contributed by atoms with van der Waals surface area (Å²) in [5, 5.41) is 15.2. The monoisotopic (exact) mass is 341 g/mol. The van der Waals surface area contributed by atoms with Crippen LogP contribution in [0.3, 0.4) is 0 Å². The quantitative estimate of drug-likeness (QED) is 0.568. The molecule has 24 heavy (non-hydrogen) atoms. The lowest BCUT2D eigenvalue weighted by atomic mass is 10.1. The third-order valence-corrected chi connectivity index (χ3v) is 3.50. The molecule has 7 heteroatoms. The summed E-state index contributed by atoms with van der Waals surface area (Å²) >= 11 is 1.60. The number of amides is 1. The Morgan fingerprint density at radius 1 is 1.21 bits per heavy atom. The van der Waals surface area contributed by atoms with Gasteiger partial charge in [-0.05, 0) is 25.1 Å². The van der Waals surface area contributed by atoms with Gasteiger partial charge in [0.05, 0.1) is 10.4 Å². The minimum atomic E-state index is -0.498. The Hall–Kier alpha value is -3.06. The minimum absolute atomic E-state index is 0.0540. The van der Waals surface area contributed by atoms with Gasteiger partial charge in [-0.1, -0.05) is 23.8 Å². The fraction of sp³-hybridized carbons (Fsp3) is 0.0588. The van der Waals surface area contributed by atoms with Crippen LogP contribution in [0.4, 0.5) is 11.4 Å². The van der Waals surface area contributed by atoms with Crippen molar-refractivity contribution in [1.82, 2.24) is 4.98 Å². The van der Waals surface area contributed by atoms with E-state index in [2.05, 4.69) is 10.3 Å². The van der Waals surface area contributed by atoms with Gasteiger partial charge in [0.1, 0.15) is 0 Å². The topological polar surface area (TPSA) is 85.1 Å². The zero-order valence-electron chi connectivity index (χ0n) is 12.9. The van der Waals surface area contributed by atoms with E-state index < -0.39 is 4.92 Å². The molecular weight excluding hydrogens is 326 g/mol. The Kier molecular flexibility index (Phi) is 6.16. The van der Waals surface area contributed by atoms with E-state index in [0.29, 0.717) is 11.3 Å². The van der Waals surface area contributed by atoms with Crippen molar-refractivity contribution in [1.29, 1.82) is 0 Å². The van der Waals surface area contributed by atoms with Crippen molar-refractivity contribution in [2.24, 2.45) is 0 Å². The van der Waals surface area contributed by atoms with Gasteiger partial charge in [-0.15, -0.1) is 11.3 Å². The Morgan fingerprint density at radius 3 is 2.50 bits per heavy atom. The molecule has 0 fully saturated rings. The highest BCUT2D eigenvalue weighted by Crippen LogP contribution is 2.17. The van der Waals surface area contributed by atoms with Crippen molar-refractivity contribution in [3.05, 3.63) is 86.9 Å². The number of aryl methyl sites for hydroxylation is 1. The fourth-order valence-corrected chi connectivity index (χ4v) is 2.13. The largest absolute Gasteiger partial charge is 0.322 e. The van der Waals surface area contributed by atoms with Crippen molar-refractivity contribution in [2.45, 2.75) is 6.92 Å². The van der Waals surface area contributed by atoms with Gasteiger partial charge in [0.25, 0.3) is 11.6 Å². The van der Waals surface area contributed by atoms with Gasteiger partial charge in [-0.2, -0.15) is 0 Å². The molecule has 0 saturated heterocycles. The normalized spacial score (nSPS) is 9.54. The average Bonchev–Trinajstić information content (AvgIpc) is 3.15. The van der Waals surface area contributed by atoms with Crippen LogP contribution in [0.2, 0.25) is 0 Å². The molecule has 0 atom stereocenters. The first-order valence-corrected chi connectivity index (χ1v) is 7.95. The summed E-state index contributed by atoms with van der Waals surface area (Å²) in [6.45, 7) is 1.93. The number of carbonyl (C=O) groups excluding carboxylic acids is 1. The number of thiazole rings is 1. The van der Waals surface area contributed by atoms with E-state index in [1.54, 1.807) is 41.2 Å². The number of carbonyl (C=O) groups is 1. The molecule has 1 N–H and O–H groups in total. The SMILES string of the molecule is Cc1ccc(C(=O)Nc2cccc([N+](=O)[O-])c2)cc1.c1cscn1. The summed E-state index contributed by atoms with van der Waals surface area (Å²) in [7, 11) is 0. The molecule has 0 bridgehead atoms. The highest BCUT2D eigenvalue weighted by Gasteiger charge is 2.09. The van der Waals surface area contributed by atoms with Crippen LogP contribution in [0.25, 0.3) is 0 Å². The van der Waals surface area contributed by atoms with Gasteiger partial charge in [-0.3, -0.25) is 19.9 Å². The molecule has 0 aliphatic heterocycles. The van der Waals surface area contributed by atoms with Crippen LogP contribution < -0.4 is 5.32 Å². The van der Waals surface area contributed by atoms with Gasteiger partial charge < -0.3 is 5.32 Å². The van der Waals surface area contributed by atoms with Gasteiger partial charge in [0.2, 0.25) is 0 Å². The van der Waals surface area contributed by atoms with Crippen molar-refractivity contribution < 1.29 is 9.72 Å². The van der Waals surface area contributed by atoms with Crippen LogP contribution in [-0.2, 0) is 0 Å². The molecule has 0 saturated carbocycles. The zero-order valence-corrected chi connectivity index (χ0v) is 13.7. The molecule has 3 rings (SSSR count). The van der Waals surface area contributed by atoms with Crippen LogP contribution in [-0.4, -0.2) is 15.8 Å². The van der Waals surface area contributed by atoms with Crippen LogP contribution in [0, 0.1) is 17.0 Å². The fourth-order valence-electron chi connectivity index (χ4n) is 1.78. The lowest BCUT2D eigenvalue weighted by molar-refractivity contribution is -0.384. The molecule has 0 radical (unpaired) electrons. The molecule has 122 valence electrons. The summed E-state index contributed by atoms with van der Waals surface area (Å²) in [5.41, 5.74) is 3.71. The number of rotatable bonds is 3. The van der Waals surface area contributed by atoms with Crippen molar-refractivity contribution >= 4 is 28.6 Å².